The van der Waals surface area contributed by atoms with Gasteiger partial charge in [0.1, 0.15) is 5.75 Å². The minimum absolute atomic E-state index is 0.196. The van der Waals surface area contributed by atoms with Crippen LogP contribution in [0.5, 0.6) is 5.75 Å². The van der Waals surface area contributed by atoms with E-state index in [1.165, 1.54) is 6.08 Å². The molecule has 1 aromatic rings. The van der Waals surface area contributed by atoms with Crippen LogP contribution in [-0.4, -0.2) is 19.0 Å². The largest absolute Gasteiger partial charge is 0.497 e. The van der Waals surface area contributed by atoms with Crippen molar-refractivity contribution in [3.05, 3.63) is 35.9 Å². The van der Waals surface area contributed by atoms with Crippen molar-refractivity contribution in [3.63, 3.8) is 0 Å². The monoisotopic (exact) mass is 304 g/mol. The van der Waals surface area contributed by atoms with Crippen LogP contribution in [-0.2, 0) is 14.3 Å². The van der Waals surface area contributed by atoms with Crippen molar-refractivity contribution >= 4 is 18.0 Å². The SMILES string of the molecule is CCCCC(CC)C(=O)OC(=O)C=Cc1ccc(OC)cc1. The highest BCUT2D eigenvalue weighted by atomic mass is 16.6. The van der Waals surface area contributed by atoms with Gasteiger partial charge in [-0.2, -0.15) is 0 Å². The van der Waals surface area contributed by atoms with Gasteiger partial charge in [0, 0.05) is 6.08 Å². The van der Waals surface area contributed by atoms with E-state index >= 15 is 0 Å². The minimum atomic E-state index is -0.629. The van der Waals surface area contributed by atoms with E-state index in [2.05, 4.69) is 6.92 Å². The first-order valence-electron chi connectivity index (χ1n) is 7.68. The number of unbranched alkanes of at least 4 members (excludes halogenated alkanes) is 1. The molecule has 0 heterocycles. The predicted octanol–water partition coefficient (Wildman–Crippen LogP) is 3.99. The average Bonchev–Trinajstić information content (AvgIpc) is 2.54. The third-order valence-corrected chi connectivity index (χ3v) is 3.46. The van der Waals surface area contributed by atoms with E-state index in [4.69, 9.17) is 9.47 Å². The molecule has 0 aromatic heterocycles. The fourth-order valence-corrected chi connectivity index (χ4v) is 2.03. The molecule has 1 atom stereocenters. The molecule has 1 aromatic carbocycles. The van der Waals surface area contributed by atoms with Gasteiger partial charge >= 0.3 is 11.9 Å². The molecule has 1 unspecified atom stereocenters. The van der Waals surface area contributed by atoms with Crippen molar-refractivity contribution < 1.29 is 19.1 Å². The molecular weight excluding hydrogens is 280 g/mol. The summed E-state index contributed by atoms with van der Waals surface area (Å²) in [5.74, 6) is -0.508. The second kappa shape index (κ2) is 9.77. The van der Waals surface area contributed by atoms with E-state index in [-0.39, 0.29) is 5.92 Å². The molecule has 0 radical (unpaired) electrons. The van der Waals surface area contributed by atoms with Gasteiger partial charge in [0.15, 0.2) is 0 Å². The molecule has 0 aliphatic rings. The number of carbonyl (C=O) groups is 2. The molecular formula is C18H24O4. The molecule has 0 aliphatic carbocycles. The van der Waals surface area contributed by atoms with Gasteiger partial charge < -0.3 is 9.47 Å². The van der Waals surface area contributed by atoms with Gasteiger partial charge in [0.2, 0.25) is 0 Å². The lowest BCUT2D eigenvalue weighted by Gasteiger charge is -2.11. The summed E-state index contributed by atoms with van der Waals surface area (Å²) in [5.41, 5.74) is 0.836. The highest BCUT2D eigenvalue weighted by molar-refractivity contribution is 5.95. The second-order valence-corrected chi connectivity index (χ2v) is 5.09. The van der Waals surface area contributed by atoms with E-state index in [1.54, 1.807) is 25.3 Å². The standard InChI is InChI=1S/C18H24O4/c1-4-6-7-15(5-2)18(20)22-17(19)13-10-14-8-11-16(21-3)12-9-14/h8-13,15H,4-7H2,1-3H3. The molecule has 4 nitrogen and oxygen atoms in total. The third-order valence-electron chi connectivity index (χ3n) is 3.46. The maximum Gasteiger partial charge on any atom is 0.338 e. The summed E-state index contributed by atoms with van der Waals surface area (Å²) in [6.07, 6.45) is 6.32. The molecule has 0 saturated carbocycles. The second-order valence-electron chi connectivity index (χ2n) is 5.09. The molecule has 0 bridgehead atoms. The summed E-state index contributed by atoms with van der Waals surface area (Å²) >= 11 is 0. The zero-order valence-corrected chi connectivity index (χ0v) is 13.5. The molecule has 0 amide bonds. The van der Waals surface area contributed by atoms with Gasteiger partial charge in [-0.05, 0) is 36.6 Å². The van der Waals surface area contributed by atoms with Gasteiger partial charge in [0.05, 0.1) is 13.0 Å². The first-order valence-corrected chi connectivity index (χ1v) is 7.68. The zero-order chi connectivity index (χ0) is 16.4. The maximum atomic E-state index is 11.9. The number of ether oxygens (including phenoxy) is 2. The summed E-state index contributed by atoms with van der Waals surface area (Å²) in [6, 6.07) is 7.24. The average molecular weight is 304 g/mol. The molecule has 0 N–H and O–H groups in total. The molecule has 22 heavy (non-hydrogen) atoms. The number of rotatable bonds is 8. The van der Waals surface area contributed by atoms with Crippen LogP contribution in [0.1, 0.15) is 45.1 Å². The Morgan fingerprint density at radius 2 is 1.86 bits per heavy atom. The van der Waals surface area contributed by atoms with Gasteiger partial charge in [0.25, 0.3) is 0 Å². The van der Waals surface area contributed by atoms with Crippen LogP contribution in [0.3, 0.4) is 0 Å². The van der Waals surface area contributed by atoms with Crippen LogP contribution in [0, 0.1) is 5.92 Å². The number of methoxy groups -OCH3 is 1. The Balaban J connectivity index is 2.53. The fourth-order valence-electron chi connectivity index (χ4n) is 2.03. The lowest BCUT2D eigenvalue weighted by molar-refractivity contribution is -0.159. The van der Waals surface area contributed by atoms with Gasteiger partial charge in [-0.25, -0.2) is 4.79 Å². The third kappa shape index (κ3) is 6.12. The van der Waals surface area contributed by atoms with Crippen LogP contribution in [0.25, 0.3) is 6.08 Å². The van der Waals surface area contributed by atoms with Crippen molar-refractivity contribution in [2.24, 2.45) is 5.92 Å². The Morgan fingerprint density at radius 1 is 1.18 bits per heavy atom. The van der Waals surface area contributed by atoms with Crippen LogP contribution in [0.15, 0.2) is 30.3 Å². The molecule has 0 aliphatic heterocycles. The smallest absolute Gasteiger partial charge is 0.338 e. The van der Waals surface area contributed by atoms with E-state index in [1.807, 2.05) is 19.1 Å². The highest BCUT2D eigenvalue weighted by Gasteiger charge is 2.19. The van der Waals surface area contributed by atoms with Crippen LogP contribution >= 0.6 is 0 Å². The van der Waals surface area contributed by atoms with Crippen molar-refractivity contribution in [2.75, 3.05) is 7.11 Å². The number of hydrogen-bond donors (Lipinski definition) is 0. The lowest BCUT2D eigenvalue weighted by Crippen LogP contribution is -2.19. The Labute approximate surface area is 132 Å². The van der Waals surface area contributed by atoms with Crippen molar-refractivity contribution in [2.45, 2.75) is 39.5 Å². The van der Waals surface area contributed by atoms with Crippen molar-refractivity contribution in [1.82, 2.24) is 0 Å². The van der Waals surface area contributed by atoms with Gasteiger partial charge in [-0.1, -0.05) is 38.8 Å². The van der Waals surface area contributed by atoms with E-state index in [0.717, 1.165) is 30.6 Å². The number of benzene rings is 1. The zero-order valence-electron chi connectivity index (χ0n) is 13.5. The minimum Gasteiger partial charge on any atom is -0.497 e. The van der Waals surface area contributed by atoms with Crippen molar-refractivity contribution in [3.8, 4) is 5.75 Å². The van der Waals surface area contributed by atoms with Gasteiger partial charge in [-0.15, -0.1) is 0 Å². The maximum absolute atomic E-state index is 11.9. The summed E-state index contributed by atoms with van der Waals surface area (Å²) in [4.78, 5) is 23.6. The Bertz CT molecular complexity index is 502. The fraction of sp³-hybridized carbons (Fsp3) is 0.444. The summed E-state index contributed by atoms with van der Waals surface area (Å²) < 4.78 is 9.94. The Hall–Kier alpha value is -2.10. The normalized spacial score (nSPS) is 12.1. The first-order chi connectivity index (χ1) is 10.6. The lowest BCUT2D eigenvalue weighted by atomic mass is 10.00. The van der Waals surface area contributed by atoms with Crippen LogP contribution in [0.4, 0.5) is 0 Å². The number of esters is 2. The van der Waals surface area contributed by atoms with E-state index in [9.17, 15) is 9.59 Å². The molecule has 0 spiro atoms. The molecule has 1 rings (SSSR count). The van der Waals surface area contributed by atoms with Crippen LogP contribution in [0.2, 0.25) is 0 Å². The first kappa shape index (κ1) is 18.0. The Kier molecular flexibility index (Phi) is 7.97. The van der Waals surface area contributed by atoms with Gasteiger partial charge in [-0.3, -0.25) is 4.79 Å². The van der Waals surface area contributed by atoms with E-state index < -0.39 is 11.9 Å². The molecule has 120 valence electrons. The predicted molar refractivity (Wildman–Crippen MR) is 86.4 cm³/mol. The summed E-state index contributed by atoms with van der Waals surface area (Å²) in [7, 11) is 1.59. The van der Waals surface area contributed by atoms with E-state index in [0.29, 0.717) is 6.42 Å². The molecule has 4 heteroatoms. The van der Waals surface area contributed by atoms with Crippen molar-refractivity contribution in [1.29, 1.82) is 0 Å². The highest BCUT2D eigenvalue weighted by Crippen LogP contribution is 2.15. The quantitative estimate of drug-likeness (QED) is 0.414. The molecule has 0 saturated heterocycles. The Morgan fingerprint density at radius 3 is 2.41 bits per heavy atom. The summed E-state index contributed by atoms with van der Waals surface area (Å²) in [6.45, 7) is 4.00. The topological polar surface area (TPSA) is 52.6 Å². The van der Waals surface area contributed by atoms with Crippen LogP contribution < -0.4 is 4.74 Å². The summed E-state index contributed by atoms with van der Waals surface area (Å²) in [5, 5.41) is 0. The number of hydrogen-bond acceptors (Lipinski definition) is 4. The number of carbonyl (C=O) groups excluding carboxylic acids is 2. The molecule has 0 fully saturated rings.